The van der Waals surface area contributed by atoms with E-state index < -0.39 is 5.66 Å². The van der Waals surface area contributed by atoms with Gasteiger partial charge in [-0.3, -0.25) is 0 Å². The molecule has 2 aromatic heterocycles. The molecule has 42 heavy (non-hydrogen) atoms. The lowest BCUT2D eigenvalue weighted by atomic mass is 9.34. The van der Waals surface area contributed by atoms with Crippen LogP contribution in [0, 0.1) is 0 Å². The summed E-state index contributed by atoms with van der Waals surface area (Å²) >= 11 is 3.87. The van der Waals surface area contributed by atoms with Crippen molar-refractivity contribution in [2.75, 3.05) is 0 Å². The fourth-order valence-corrected chi connectivity index (χ4v) is 12.1. The molecule has 0 N–H and O–H groups in total. The second-order valence-electron chi connectivity index (χ2n) is 12.3. The molecule has 0 saturated carbocycles. The van der Waals surface area contributed by atoms with Crippen LogP contribution in [0.25, 0.3) is 22.3 Å². The third-order valence-electron chi connectivity index (χ3n) is 10.9. The molecule has 0 radical (unpaired) electrons. The third kappa shape index (κ3) is 1.83. The lowest BCUT2D eigenvalue weighted by molar-refractivity contribution is -0.958. The lowest BCUT2D eigenvalue weighted by Gasteiger charge is -2.43. The van der Waals surface area contributed by atoms with Gasteiger partial charge in [0.15, 0.2) is 23.6 Å². The summed E-state index contributed by atoms with van der Waals surface area (Å²) in [5.74, 6) is 1.97. The van der Waals surface area contributed by atoms with Gasteiger partial charge in [-0.2, -0.15) is 0 Å². The zero-order valence-electron chi connectivity index (χ0n) is 22.0. The predicted octanol–water partition coefficient (Wildman–Crippen LogP) is 2.21. The van der Waals surface area contributed by atoms with Crippen LogP contribution in [-0.4, -0.2) is 13.4 Å². The monoisotopic (exact) mass is 566 g/mol. The largest absolute Gasteiger partial charge is 0.456 e. The molecule has 188 valence electrons. The van der Waals surface area contributed by atoms with Crippen LogP contribution in [0.1, 0.15) is 11.1 Å². The minimum Gasteiger partial charge on any atom is -0.456 e. The first-order valence-electron chi connectivity index (χ1n) is 14.6. The normalized spacial score (nSPS) is 17.1. The molecule has 0 amide bonds. The number of pyridine rings is 2. The van der Waals surface area contributed by atoms with Gasteiger partial charge in [-0.05, 0) is 81.5 Å². The Morgan fingerprint density at radius 1 is 0.500 bits per heavy atom. The van der Waals surface area contributed by atoms with Gasteiger partial charge in [0.2, 0.25) is 0 Å². The summed E-state index contributed by atoms with van der Waals surface area (Å²) in [4.78, 5) is 5.49. The summed E-state index contributed by atoms with van der Waals surface area (Å²) in [5.41, 5.74) is 16.2. The molecule has 0 fully saturated rings. The van der Waals surface area contributed by atoms with Gasteiger partial charge in [0.25, 0.3) is 0 Å². The van der Waals surface area contributed by atoms with E-state index in [2.05, 4.69) is 106 Å². The van der Waals surface area contributed by atoms with Crippen molar-refractivity contribution in [3.8, 4) is 33.8 Å². The first-order valence-corrected chi connectivity index (χ1v) is 16.2. The van der Waals surface area contributed by atoms with E-state index in [0.29, 0.717) is 0 Å². The molecule has 3 nitrogen and oxygen atoms in total. The van der Waals surface area contributed by atoms with Crippen LogP contribution in [0.15, 0.2) is 117 Å². The van der Waals surface area contributed by atoms with E-state index in [1.54, 1.807) is 0 Å². The van der Waals surface area contributed by atoms with Gasteiger partial charge in [-0.1, -0.05) is 47.8 Å². The second kappa shape index (κ2) is 6.26. The Bertz CT molecular complexity index is 2270. The molecule has 0 saturated heterocycles. The van der Waals surface area contributed by atoms with Crippen LogP contribution in [0.3, 0.4) is 0 Å². The summed E-state index contributed by atoms with van der Waals surface area (Å²) in [5, 5.41) is 0. The maximum Gasteiger partial charge on any atom is 0.420 e. The van der Waals surface area contributed by atoms with E-state index in [1.807, 2.05) is 23.5 Å². The zero-order chi connectivity index (χ0) is 26.6. The van der Waals surface area contributed by atoms with Gasteiger partial charge in [-0.25, -0.2) is 0 Å². The average molecular weight is 566 g/mol. The van der Waals surface area contributed by atoms with Gasteiger partial charge in [-0.15, -0.1) is 9.13 Å². The number of hydrogen-bond acceptors (Lipinski definition) is 3. The van der Waals surface area contributed by atoms with Crippen molar-refractivity contribution in [1.82, 2.24) is 0 Å². The molecule has 13 rings (SSSR count). The molecule has 6 aromatic rings. The van der Waals surface area contributed by atoms with Crippen molar-refractivity contribution in [3.05, 3.63) is 108 Å². The highest BCUT2D eigenvalue weighted by Gasteiger charge is 2.73. The minimum atomic E-state index is -0.580. The summed E-state index contributed by atoms with van der Waals surface area (Å²) in [6, 6.07) is 32.1. The molecule has 0 unspecified atom stereocenters. The Balaban J connectivity index is 1.32. The van der Waals surface area contributed by atoms with Gasteiger partial charge in [0.1, 0.15) is 22.6 Å². The molecule has 4 aromatic carbocycles. The number of fused-ring (bicyclic) bond motifs is 2. The Kier molecular flexibility index (Phi) is 3.08. The average Bonchev–Trinajstić information content (AvgIpc) is 3.56. The number of nitrogens with zero attached hydrogens (tertiary/aromatic N) is 2. The summed E-state index contributed by atoms with van der Waals surface area (Å²) < 4.78 is 12.3. The number of aromatic nitrogens is 2. The maximum absolute atomic E-state index is 7.00. The van der Waals surface area contributed by atoms with Crippen molar-refractivity contribution < 1.29 is 13.9 Å². The molecular weight excluding hydrogens is 550 g/mol. The quantitative estimate of drug-likeness (QED) is 0.207. The molecule has 1 spiro atoms. The van der Waals surface area contributed by atoms with E-state index in [9.17, 15) is 0 Å². The van der Waals surface area contributed by atoms with E-state index in [4.69, 9.17) is 4.74 Å². The SMILES string of the molecule is c1cc2c3c(c1)-c1ccc[n+]4c1B3c1c(ccc3c1C41c4c(ccc5c4B4c6c(cccc6-c6ccc[n+]1c64)S5)O3)S2. The van der Waals surface area contributed by atoms with Crippen LogP contribution < -0.4 is 46.9 Å². The highest BCUT2D eigenvalue weighted by atomic mass is 32.2. The number of hydrogen-bond donors (Lipinski definition) is 0. The molecule has 7 heteroatoms. The van der Waals surface area contributed by atoms with Crippen LogP contribution in [0.2, 0.25) is 0 Å². The minimum absolute atomic E-state index is 0.210. The van der Waals surface area contributed by atoms with E-state index in [1.165, 1.54) is 86.0 Å². The first kappa shape index (κ1) is 20.6. The van der Waals surface area contributed by atoms with E-state index >= 15 is 0 Å². The van der Waals surface area contributed by atoms with Crippen LogP contribution in [-0.2, 0) is 5.66 Å². The fourth-order valence-electron chi connectivity index (χ4n) is 9.70. The lowest BCUT2D eigenvalue weighted by Crippen LogP contribution is -2.93. The standard InChI is InChI=1S/C35H16B2N2OS2/c1-5-17-19-7-3-15-38-33(19)36-29(17)23(9-1)41-25-13-11-21-27(31(25)36)35(38)28-22(40-21)12-14-26-32(28)37-30-18(6-2-10-24(30)42-26)20-8-4-16-39(35)34(20)37/h1-16H/q+2. The number of benzene rings is 4. The highest BCUT2D eigenvalue weighted by Crippen LogP contribution is 2.52. The molecule has 7 aliphatic rings. The maximum atomic E-state index is 7.00. The van der Waals surface area contributed by atoms with E-state index in [0.717, 1.165) is 11.5 Å². The molecular formula is C35H16B2N2OS2+2. The molecule has 7 aliphatic heterocycles. The number of ether oxygens (including phenoxy) is 1. The number of rotatable bonds is 0. The summed E-state index contributed by atoms with van der Waals surface area (Å²) in [6.07, 6.45) is 4.71. The molecule has 0 aliphatic carbocycles. The summed E-state index contributed by atoms with van der Waals surface area (Å²) in [7, 11) is 0. The van der Waals surface area contributed by atoms with Gasteiger partial charge < -0.3 is 4.74 Å². The third-order valence-corrected chi connectivity index (χ3v) is 13.2. The molecule has 0 bridgehead atoms. The van der Waals surface area contributed by atoms with Gasteiger partial charge in [0, 0.05) is 42.8 Å². The van der Waals surface area contributed by atoms with Crippen molar-refractivity contribution in [2.45, 2.75) is 25.2 Å². The Hall–Kier alpha value is -4.19. The van der Waals surface area contributed by atoms with Crippen molar-refractivity contribution in [2.24, 2.45) is 0 Å². The molecule has 9 heterocycles. The summed E-state index contributed by atoms with van der Waals surface area (Å²) in [6.45, 7) is 0.421. The smallest absolute Gasteiger partial charge is 0.420 e. The van der Waals surface area contributed by atoms with Gasteiger partial charge in [0.05, 0.1) is 0 Å². The Morgan fingerprint density at radius 2 is 0.976 bits per heavy atom. The highest BCUT2D eigenvalue weighted by molar-refractivity contribution is 8.00. The fraction of sp³-hybridized carbons (Fsp3) is 0.0286. The van der Waals surface area contributed by atoms with Crippen molar-refractivity contribution in [3.63, 3.8) is 0 Å². The van der Waals surface area contributed by atoms with E-state index in [-0.39, 0.29) is 13.4 Å². The topological polar surface area (TPSA) is 17.0 Å². The van der Waals surface area contributed by atoms with Crippen molar-refractivity contribution in [1.29, 1.82) is 0 Å². The van der Waals surface area contributed by atoms with Crippen LogP contribution in [0.5, 0.6) is 11.5 Å². The first-order chi connectivity index (χ1) is 20.8. The second-order valence-corrected chi connectivity index (χ2v) is 14.5. The van der Waals surface area contributed by atoms with Gasteiger partial charge >= 0.3 is 19.1 Å². The predicted molar refractivity (Wildman–Crippen MR) is 166 cm³/mol. The van der Waals surface area contributed by atoms with Crippen LogP contribution >= 0.6 is 23.5 Å². The Labute approximate surface area is 250 Å². The van der Waals surface area contributed by atoms with Crippen LogP contribution in [0.4, 0.5) is 0 Å². The Morgan fingerprint density at radius 3 is 1.50 bits per heavy atom. The zero-order valence-corrected chi connectivity index (χ0v) is 23.6. The molecule has 0 atom stereocenters. The van der Waals surface area contributed by atoms with Crippen molar-refractivity contribution >= 4 is 70.0 Å².